The van der Waals surface area contributed by atoms with Gasteiger partial charge < -0.3 is 10.4 Å². The summed E-state index contributed by atoms with van der Waals surface area (Å²) in [6, 6.07) is 10.5. The highest BCUT2D eigenvalue weighted by atomic mass is 16.3. The van der Waals surface area contributed by atoms with Crippen LogP contribution in [0.15, 0.2) is 36.5 Å². The summed E-state index contributed by atoms with van der Waals surface area (Å²) < 4.78 is 0. The molecule has 3 rings (SSSR count). The average molecular weight is 242 g/mol. The fourth-order valence-electron chi connectivity index (χ4n) is 2.26. The second kappa shape index (κ2) is 4.34. The Balaban J connectivity index is 1.95. The number of benzene rings is 1. The summed E-state index contributed by atoms with van der Waals surface area (Å²) in [5.41, 5.74) is 0.910. The van der Waals surface area contributed by atoms with E-state index >= 15 is 0 Å². The van der Waals surface area contributed by atoms with E-state index in [-0.39, 0.29) is 0 Å². The van der Waals surface area contributed by atoms with Gasteiger partial charge in [0.05, 0.1) is 5.52 Å². The van der Waals surface area contributed by atoms with E-state index in [0.29, 0.717) is 12.6 Å². The number of pyridine rings is 1. The second-order valence-corrected chi connectivity index (χ2v) is 5.31. The van der Waals surface area contributed by atoms with Gasteiger partial charge in [0, 0.05) is 29.7 Å². The second-order valence-electron chi connectivity index (χ2n) is 5.31. The minimum atomic E-state index is -0.879. The standard InChI is InChI=1S/C15H18N2O/c1-15(18,10-17-12-7-8-12)13-6-2-4-11-5-3-9-16-14(11)13/h2-6,9,12,17-18H,7-8,10H2,1H3. The Hall–Kier alpha value is -1.45. The Morgan fingerprint density at radius 3 is 2.89 bits per heavy atom. The van der Waals surface area contributed by atoms with Crippen LogP contribution < -0.4 is 5.32 Å². The van der Waals surface area contributed by atoms with Gasteiger partial charge in [0.1, 0.15) is 5.60 Å². The van der Waals surface area contributed by atoms with Gasteiger partial charge in [-0.15, -0.1) is 0 Å². The molecule has 1 unspecified atom stereocenters. The summed E-state index contributed by atoms with van der Waals surface area (Å²) in [5, 5.41) is 15.1. The van der Waals surface area contributed by atoms with Crippen LogP contribution in [0.25, 0.3) is 10.9 Å². The molecule has 2 N–H and O–H groups in total. The molecule has 94 valence electrons. The van der Waals surface area contributed by atoms with Crippen LogP contribution in [0.2, 0.25) is 0 Å². The lowest BCUT2D eigenvalue weighted by Gasteiger charge is -2.25. The molecular formula is C15H18N2O. The summed E-state index contributed by atoms with van der Waals surface area (Å²) in [5.74, 6) is 0. The first kappa shape index (κ1) is 11.6. The van der Waals surface area contributed by atoms with Crippen molar-refractivity contribution in [3.05, 3.63) is 42.1 Å². The molecule has 1 aromatic heterocycles. The van der Waals surface area contributed by atoms with E-state index in [1.165, 1.54) is 12.8 Å². The number of nitrogens with one attached hydrogen (secondary N) is 1. The molecule has 1 atom stereocenters. The van der Waals surface area contributed by atoms with Crippen LogP contribution in [-0.4, -0.2) is 22.7 Å². The van der Waals surface area contributed by atoms with E-state index in [4.69, 9.17) is 0 Å². The Kier molecular flexibility index (Phi) is 2.80. The van der Waals surface area contributed by atoms with E-state index in [9.17, 15) is 5.11 Å². The van der Waals surface area contributed by atoms with Gasteiger partial charge in [0.15, 0.2) is 0 Å². The molecule has 0 amide bonds. The van der Waals surface area contributed by atoms with E-state index < -0.39 is 5.60 Å². The number of hydrogen-bond donors (Lipinski definition) is 2. The van der Waals surface area contributed by atoms with Gasteiger partial charge >= 0.3 is 0 Å². The first-order valence-electron chi connectivity index (χ1n) is 6.47. The monoisotopic (exact) mass is 242 g/mol. The van der Waals surface area contributed by atoms with E-state index in [1.54, 1.807) is 6.20 Å². The fourth-order valence-corrected chi connectivity index (χ4v) is 2.26. The van der Waals surface area contributed by atoms with Crippen LogP contribution in [-0.2, 0) is 5.60 Å². The van der Waals surface area contributed by atoms with Crippen LogP contribution in [0.4, 0.5) is 0 Å². The van der Waals surface area contributed by atoms with E-state index in [1.807, 2.05) is 37.3 Å². The third kappa shape index (κ3) is 2.24. The highest BCUT2D eigenvalue weighted by Crippen LogP contribution is 2.28. The maximum absolute atomic E-state index is 10.7. The highest BCUT2D eigenvalue weighted by Gasteiger charge is 2.29. The van der Waals surface area contributed by atoms with Crippen LogP contribution in [0.3, 0.4) is 0 Å². The number of hydrogen-bond acceptors (Lipinski definition) is 3. The molecule has 0 spiro atoms. The summed E-state index contributed by atoms with van der Waals surface area (Å²) in [7, 11) is 0. The van der Waals surface area contributed by atoms with Crippen LogP contribution in [0.1, 0.15) is 25.3 Å². The van der Waals surface area contributed by atoms with E-state index in [0.717, 1.165) is 16.5 Å². The van der Waals surface area contributed by atoms with Crippen LogP contribution in [0.5, 0.6) is 0 Å². The lowest BCUT2D eigenvalue weighted by molar-refractivity contribution is 0.0579. The quantitative estimate of drug-likeness (QED) is 0.864. The highest BCUT2D eigenvalue weighted by molar-refractivity contribution is 5.82. The summed E-state index contributed by atoms with van der Waals surface area (Å²) >= 11 is 0. The molecule has 1 aliphatic rings. The molecular weight excluding hydrogens is 224 g/mol. The molecule has 0 radical (unpaired) electrons. The summed E-state index contributed by atoms with van der Waals surface area (Å²) in [4.78, 5) is 4.40. The molecule has 3 heteroatoms. The van der Waals surface area contributed by atoms with Crippen molar-refractivity contribution in [1.29, 1.82) is 0 Å². The summed E-state index contributed by atoms with van der Waals surface area (Å²) in [6.45, 7) is 2.43. The Labute approximate surface area is 107 Å². The predicted molar refractivity (Wildman–Crippen MR) is 72.3 cm³/mol. The average Bonchev–Trinajstić information content (AvgIpc) is 3.20. The molecule has 0 aliphatic heterocycles. The molecule has 1 saturated carbocycles. The van der Waals surface area contributed by atoms with Crippen molar-refractivity contribution >= 4 is 10.9 Å². The molecule has 2 aromatic rings. The topological polar surface area (TPSA) is 45.1 Å². The zero-order chi connectivity index (χ0) is 12.6. The molecule has 1 fully saturated rings. The van der Waals surface area contributed by atoms with Gasteiger partial charge in [-0.2, -0.15) is 0 Å². The SMILES string of the molecule is CC(O)(CNC1CC1)c1cccc2cccnc12. The third-order valence-corrected chi connectivity index (χ3v) is 3.53. The predicted octanol–water partition coefficient (Wildman–Crippen LogP) is 2.19. The van der Waals surface area contributed by atoms with Crippen molar-refractivity contribution in [2.24, 2.45) is 0 Å². The largest absolute Gasteiger partial charge is 0.384 e. The number of nitrogens with zero attached hydrogens (tertiary/aromatic N) is 1. The number of rotatable bonds is 4. The van der Waals surface area contributed by atoms with E-state index in [2.05, 4.69) is 10.3 Å². The van der Waals surface area contributed by atoms with Crippen molar-refractivity contribution < 1.29 is 5.11 Å². The van der Waals surface area contributed by atoms with Gasteiger partial charge in [-0.25, -0.2) is 0 Å². The van der Waals surface area contributed by atoms with Crippen LogP contribution >= 0.6 is 0 Å². The zero-order valence-electron chi connectivity index (χ0n) is 10.6. The minimum Gasteiger partial charge on any atom is -0.384 e. The number of aliphatic hydroxyl groups is 1. The maximum Gasteiger partial charge on any atom is 0.101 e. The number of aromatic nitrogens is 1. The lowest BCUT2D eigenvalue weighted by Crippen LogP contribution is -2.36. The maximum atomic E-state index is 10.7. The van der Waals surface area contributed by atoms with Crippen molar-refractivity contribution in [3.8, 4) is 0 Å². The number of fused-ring (bicyclic) bond motifs is 1. The van der Waals surface area contributed by atoms with Crippen LogP contribution in [0, 0.1) is 0 Å². The van der Waals surface area contributed by atoms with Gasteiger partial charge in [-0.1, -0.05) is 24.3 Å². The smallest absolute Gasteiger partial charge is 0.101 e. The molecule has 0 bridgehead atoms. The fraction of sp³-hybridized carbons (Fsp3) is 0.400. The van der Waals surface area contributed by atoms with Gasteiger partial charge in [0.25, 0.3) is 0 Å². The first-order valence-corrected chi connectivity index (χ1v) is 6.47. The normalized spacial score (nSPS) is 18.8. The van der Waals surface area contributed by atoms with Gasteiger partial charge in [-0.3, -0.25) is 4.98 Å². The molecule has 3 nitrogen and oxygen atoms in total. The number of para-hydroxylation sites is 1. The lowest BCUT2D eigenvalue weighted by atomic mass is 9.93. The van der Waals surface area contributed by atoms with Crippen molar-refractivity contribution in [2.75, 3.05) is 6.54 Å². The molecule has 18 heavy (non-hydrogen) atoms. The molecule has 1 aliphatic carbocycles. The van der Waals surface area contributed by atoms with Crippen molar-refractivity contribution in [3.63, 3.8) is 0 Å². The third-order valence-electron chi connectivity index (χ3n) is 3.53. The van der Waals surface area contributed by atoms with Gasteiger partial charge in [-0.05, 0) is 25.8 Å². The Bertz CT molecular complexity index is 556. The molecule has 1 heterocycles. The summed E-state index contributed by atoms with van der Waals surface area (Å²) in [6.07, 6.45) is 4.23. The Morgan fingerprint density at radius 1 is 1.33 bits per heavy atom. The first-order chi connectivity index (χ1) is 8.67. The van der Waals surface area contributed by atoms with Gasteiger partial charge in [0.2, 0.25) is 0 Å². The Morgan fingerprint density at radius 2 is 2.11 bits per heavy atom. The zero-order valence-corrected chi connectivity index (χ0v) is 10.6. The molecule has 0 saturated heterocycles. The minimum absolute atomic E-state index is 0.577. The van der Waals surface area contributed by atoms with Crippen molar-refractivity contribution in [2.45, 2.75) is 31.4 Å². The van der Waals surface area contributed by atoms with Crippen molar-refractivity contribution in [1.82, 2.24) is 10.3 Å². The molecule has 1 aromatic carbocycles.